The van der Waals surface area contributed by atoms with E-state index in [0.717, 1.165) is 13.2 Å². The Hall–Kier alpha value is -0.0800. The minimum Gasteiger partial charge on any atom is -0.375 e. The lowest BCUT2D eigenvalue weighted by Crippen LogP contribution is -2.31. The SMILES string of the molecule is CCOC(C)(C)COC1CC1. The summed E-state index contributed by atoms with van der Waals surface area (Å²) < 4.78 is 11.0. The topological polar surface area (TPSA) is 18.5 Å². The zero-order valence-electron chi connectivity index (χ0n) is 7.72. The maximum atomic E-state index is 5.55. The first kappa shape index (κ1) is 9.01. The van der Waals surface area contributed by atoms with E-state index in [2.05, 4.69) is 13.8 Å². The fourth-order valence-electron chi connectivity index (χ4n) is 0.986. The van der Waals surface area contributed by atoms with Crippen molar-refractivity contribution in [1.82, 2.24) is 0 Å². The summed E-state index contributed by atoms with van der Waals surface area (Å²) in [5.41, 5.74) is -0.0999. The molecule has 1 aliphatic rings. The summed E-state index contributed by atoms with van der Waals surface area (Å²) in [5, 5.41) is 0. The summed E-state index contributed by atoms with van der Waals surface area (Å²) in [6.45, 7) is 7.64. The van der Waals surface area contributed by atoms with E-state index in [1.807, 2.05) is 6.92 Å². The molecule has 0 saturated heterocycles. The largest absolute Gasteiger partial charge is 0.375 e. The van der Waals surface area contributed by atoms with Gasteiger partial charge in [-0.15, -0.1) is 0 Å². The predicted molar refractivity (Wildman–Crippen MR) is 44.7 cm³/mol. The van der Waals surface area contributed by atoms with Crippen LogP contribution in [-0.2, 0) is 9.47 Å². The number of ether oxygens (including phenoxy) is 2. The monoisotopic (exact) mass is 158 g/mol. The first-order valence-electron chi connectivity index (χ1n) is 4.39. The average molecular weight is 158 g/mol. The van der Waals surface area contributed by atoms with Crippen molar-refractivity contribution in [3.8, 4) is 0 Å². The molecule has 0 heterocycles. The van der Waals surface area contributed by atoms with Gasteiger partial charge in [-0.25, -0.2) is 0 Å². The van der Waals surface area contributed by atoms with Crippen molar-refractivity contribution in [2.75, 3.05) is 13.2 Å². The van der Waals surface area contributed by atoms with E-state index >= 15 is 0 Å². The molecule has 0 N–H and O–H groups in total. The second-order valence-electron chi connectivity index (χ2n) is 3.70. The molecular formula is C9H18O2. The van der Waals surface area contributed by atoms with Crippen LogP contribution < -0.4 is 0 Å². The Bertz CT molecular complexity index is 117. The van der Waals surface area contributed by atoms with Crippen LogP contribution in [0, 0.1) is 0 Å². The van der Waals surface area contributed by atoms with Gasteiger partial charge in [0.2, 0.25) is 0 Å². The third-order valence-corrected chi connectivity index (χ3v) is 1.73. The molecular weight excluding hydrogens is 140 g/mol. The van der Waals surface area contributed by atoms with E-state index in [1.165, 1.54) is 12.8 Å². The van der Waals surface area contributed by atoms with Gasteiger partial charge in [0.1, 0.15) is 0 Å². The molecule has 0 spiro atoms. The van der Waals surface area contributed by atoms with Gasteiger partial charge in [0.05, 0.1) is 18.3 Å². The number of hydrogen-bond donors (Lipinski definition) is 0. The standard InChI is InChI=1S/C9H18O2/c1-4-11-9(2,3)7-10-8-5-6-8/h8H,4-7H2,1-3H3. The molecule has 0 unspecified atom stereocenters. The zero-order valence-corrected chi connectivity index (χ0v) is 7.72. The Labute approximate surface area is 68.9 Å². The molecule has 0 radical (unpaired) electrons. The quantitative estimate of drug-likeness (QED) is 0.609. The molecule has 0 aromatic carbocycles. The molecule has 1 saturated carbocycles. The molecule has 0 atom stereocenters. The van der Waals surface area contributed by atoms with Gasteiger partial charge in [-0.05, 0) is 33.6 Å². The number of rotatable bonds is 5. The molecule has 0 bridgehead atoms. The molecule has 0 amide bonds. The van der Waals surface area contributed by atoms with Crippen molar-refractivity contribution in [3.63, 3.8) is 0 Å². The van der Waals surface area contributed by atoms with E-state index in [9.17, 15) is 0 Å². The lowest BCUT2D eigenvalue weighted by atomic mass is 10.1. The molecule has 2 nitrogen and oxygen atoms in total. The molecule has 1 aliphatic carbocycles. The zero-order chi connectivity index (χ0) is 8.32. The van der Waals surface area contributed by atoms with Gasteiger partial charge in [0, 0.05) is 6.61 Å². The molecule has 0 aromatic rings. The second kappa shape index (κ2) is 3.55. The Morgan fingerprint density at radius 1 is 1.36 bits per heavy atom. The van der Waals surface area contributed by atoms with Crippen LogP contribution in [0.4, 0.5) is 0 Å². The highest BCUT2D eigenvalue weighted by Crippen LogP contribution is 2.25. The minimum absolute atomic E-state index is 0.0999. The van der Waals surface area contributed by atoms with Crippen molar-refractivity contribution in [1.29, 1.82) is 0 Å². The van der Waals surface area contributed by atoms with E-state index in [4.69, 9.17) is 9.47 Å². The molecule has 1 fully saturated rings. The maximum Gasteiger partial charge on any atom is 0.0858 e. The lowest BCUT2D eigenvalue weighted by molar-refractivity contribution is -0.0745. The summed E-state index contributed by atoms with van der Waals surface area (Å²) in [5.74, 6) is 0. The predicted octanol–water partition coefficient (Wildman–Crippen LogP) is 1.98. The maximum absolute atomic E-state index is 5.55. The van der Waals surface area contributed by atoms with Gasteiger partial charge in [0.15, 0.2) is 0 Å². The summed E-state index contributed by atoms with van der Waals surface area (Å²) in [7, 11) is 0. The summed E-state index contributed by atoms with van der Waals surface area (Å²) >= 11 is 0. The highest BCUT2D eigenvalue weighted by Gasteiger charge is 2.26. The third-order valence-electron chi connectivity index (χ3n) is 1.73. The molecule has 0 aliphatic heterocycles. The Morgan fingerprint density at radius 2 is 2.00 bits per heavy atom. The van der Waals surface area contributed by atoms with Gasteiger partial charge in [-0.3, -0.25) is 0 Å². The lowest BCUT2D eigenvalue weighted by Gasteiger charge is -2.24. The van der Waals surface area contributed by atoms with Crippen LogP contribution in [-0.4, -0.2) is 24.9 Å². The normalized spacial score (nSPS) is 18.8. The molecule has 1 rings (SSSR count). The average Bonchev–Trinajstić information content (AvgIpc) is 2.65. The van der Waals surface area contributed by atoms with E-state index < -0.39 is 0 Å². The third kappa shape index (κ3) is 3.73. The van der Waals surface area contributed by atoms with Gasteiger partial charge in [-0.1, -0.05) is 0 Å². The van der Waals surface area contributed by atoms with Crippen molar-refractivity contribution in [3.05, 3.63) is 0 Å². The van der Waals surface area contributed by atoms with Crippen molar-refractivity contribution < 1.29 is 9.47 Å². The Morgan fingerprint density at radius 3 is 2.45 bits per heavy atom. The molecule has 66 valence electrons. The van der Waals surface area contributed by atoms with Crippen LogP contribution in [0.2, 0.25) is 0 Å². The highest BCUT2D eigenvalue weighted by atomic mass is 16.5. The van der Waals surface area contributed by atoms with E-state index in [-0.39, 0.29) is 5.60 Å². The summed E-state index contributed by atoms with van der Waals surface area (Å²) in [6, 6.07) is 0. The Balaban J connectivity index is 2.09. The van der Waals surface area contributed by atoms with Gasteiger partial charge in [0.25, 0.3) is 0 Å². The Kier molecular flexibility index (Phi) is 2.90. The highest BCUT2D eigenvalue weighted by molar-refractivity contribution is 4.76. The van der Waals surface area contributed by atoms with Gasteiger partial charge >= 0.3 is 0 Å². The smallest absolute Gasteiger partial charge is 0.0858 e. The van der Waals surface area contributed by atoms with Crippen molar-refractivity contribution >= 4 is 0 Å². The van der Waals surface area contributed by atoms with Crippen LogP contribution >= 0.6 is 0 Å². The van der Waals surface area contributed by atoms with Crippen LogP contribution in [0.15, 0.2) is 0 Å². The second-order valence-corrected chi connectivity index (χ2v) is 3.70. The fourth-order valence-corrected chi connectivity index (χ4v) is 0.986. The first-order chi connectivity index (χ1) is 5.14. The van der Waals surface area contributed by atoms with Crippen LogP contribution in [0.3, 0.4) is 0 Å². The van der Waals surface area contributed by atoms with Gasteiger partial charge in [-0.2, -0.15) is 0 Å². The summed E-state index contributed by atoms with van der Waals surface area (Å²) in [6.07, 6.45) is 3.01. The first-order valence-corrected chi connectivity index (χ1v) is 4.39. The van der Waals surface area contributed by atoms with E-state index in [1.54, 1.807) is 0 Å². The van der Waals surface area contributed by atoms with Crippen molar-refractivity contribution in [2.45, 2.75) is 45.3 Å². The fraction of sp³-hybridized carbons (Fsp3) is 1.00. The molecule has 2 heteroatoms. The minimum atomic E-state index is -0.0999. The molecule has 11 heavy (non-hydrogen) atoms. The van der Waals surface area contributed by atoms with Gasteiger partial charge < -0.3 is 9.47 Å². The summed E-state index contributed by atoms with van der Waals surface area (Å²) in [4.78, 5) is 0. The van der Waals surface area contributed by atoms with Crippen LogP contribution in [0.5, 0.6) is 0 Å². The van der Waals surface area contributed by atoms with Crippen LogP contribution in [0.1, 0.15) is 33.6 Å². The van der Waals surface area contributed by atoms with Crippen LogP contribution in [0.25, 0.3) is 0 Å². The molecule has 0 aromatic heterocycles. The van der Waals surface area contributed by atoms with E-state index in [0.29, 0.717) is 6.10 Å². The van der Waals surface area contributed by atoms with Crippen molar-refractivity contribution in [2.24, 2.45) is 0 Å². The number of hydrogen-bond acceptors (Lipinski definition) is 2.